The van der Waals surface area contributed by atoms with E-state index in [1.165, 1.54) is 51.4 Å². The summed E-state index contributed by atoms with van der Waals surface area (Å²) in [7, 11) is 0. The highest BCUT2D eigenvalue weighted by Gasteiger charge is 2.32. The lowest BCUT2D eigenvalue weighted by Crippen LogP contribution is -2.29. The van der Waals surface area contributed by atoms with Crippen molar-refractivity contribution in [2.24, 2.45) is 17.8 Å². The molecule has 0 N–H and O–H groups in total. The second-order valence-electron chi connectivity index (χ2n) is 7.40. The molecular weight excluding hydrogens is 260 g/mol. The zero-order chi connectivity index (χ0) is 15.1. The first-order chi connectivity index (χ1) is 10.2. The number of hydrogen-bond acceptors (Lipinski definition) is 2. The summed E-state index contributed by atoms with van der Waals surface area (Å²) in [6, 6.07) is 0. The Labute approximate surface area is 131 Å². The molecule has 1 atom stereocenters. The Bertz CT molecular complexity index is 299. The molecule has 2 fully saturated rings. The fourth-order valence-electron chi connectivity index (χ4n) is 4.28. The predicted octanol–water partition coefficient (Wildman–Crippen LogP) is 5.50. The molecule has 2 heteroatoms. The molecule has 0 aliphatic heterocycles. The van der Waals surface area contributed by atoms with Gasteiger partial charge in [-0.05, 0) is 50.9 Å². The van der Waals surface area contributed by atoms with Gasteiger partial charge in [-0.25, -0.2) is 0 Å². The number of esters is 1. The second-order valence-corrected chi connectivity index (χ2v) is 7.40. The Balaban J connectivity index is 1.69. The number of unbranched alkanes of at least 4 members (excludes halogenated alkanes) is 1. The van der Waals surface area contributed by atoms with Gasteiger partial charge in [0.1, 0.15) is 0 Å². The summed E-state index contributed by atoms with van der Waals surface area (Å²) >= 11 is 0. The van der Waals surface area contributed by atoms with Gasteiger partial charge in [-0.3, -0.25) is 4.79 Å². The third-order valence-electron chi connectivity index (χ3n) is 5.70. The van der Waals surface area contributed by atoms with Gasteiger partial charge < -0.3 is 4.74 Å². The quantitative estimate of drug-likeness (QED) is 0.605. The van der Waals surface area contributed by atoms with Crippen LogP contribution >= 0.6 is 0 Å². The lowest BCUT2D eigenvalue weighted by molar-refractivity contribution is -0.155. The van der Waals surface area contributed by atoms with Crippen molar-refractivity contribution in [2.75, 3.05) is 0 Å². The number of carbonyl (C=O) groups excluding carboxylic acids is 1. The fraction of sp³-hybridized carbons (Fsp3) is 0.947. The lowest BCUT2D eigenvalue weighted by Gasteiger charge is -2.35. The number of ether oxygens (including phenoxy) is 1. The summed E-state index contributed by atoms with van der Waals surface area (Å²) in [5.74, 6) is 2.13. The molecule has 21 heavy (non-hydrogen) atoms. The van der Waals surface area contributed by atoms with Gasteiger partial charge in [-0.15, -0.1) is 0 Å². The van der Waals surface area contributed by atoms with E-state index >= 15 is 0 Å². The monoisotopic (exact) mass is 294 g/mol. The third kappa shape index (κ3) is 5.30. The molecular formula is C19H34O2. The minimum atomic E-state index is 0.0840. The highest BCUT2D eigenvalue weighted by molar-refractivity contribution is 5.72. The van der Waals surface area contributed by atoms with Gasteiger partial charge in [0, 0.05) is 0 Å². The van der Waals surface area contributed by atoms with Crippen LogP contribution < -0.4 is 0 Å². The molecule has 2 aliphatic carbocycles. The molecule has 0 radical (unpaired) electrons. The maximum Gasteiger partial charge on any atom is 0.309 e. The SMILES string of the molecule is CCCCC(C)OC(=O)C1CCC(C2CCCCC2)CC1. The maximum absolute atomic E-state index is 12.2. The standard InChI is InChI=1S/C19H34O2/c1-3-4-8-15(2)21-19(20)18-13-11-17(12-14-18)16-9-6-5-7-10-16/h15-18H,3-14H2,1-2H3. The smallest absolute Gasteiger partial charge is 0.309 e. The Hall–Kier alpha value is -0.530. The van der Waals surface area contributed by atoms with Gasteiger partial charge in [-0.2, -0.15) is 0 Å². The summed E-state index contributed by atoms with van der Waals surface area (Å²) < 4.78 is 5.63. The van der Waals surface area contributed by atoms with E-state index in [2.05, 4.69) is 6.92 Å². The lowest BCUT2D eigenvalue weighted by atomic mass is 9.71. The van der Waals surface area contributed by atoms with Gasteiger partial charge in [0.2, 0.25) is 0 Å². The molecule has 0 aromatic rings. The van der Waals surface area contributed by atoms with E-state index in [1.807, 2.05) is 6.92 Å². The minimum Gasteiger partial charge on any atom is -0.462 e. The number of rotatable bonds is 6. The van der Waals surface area contributed by atoms with E-state index in [1.54, 1.807) is 0 Å². The van der Waals surface area contributed by atoms with Gasteiger partial charge >= 0.3 is 5.97 Å². The summed E-state index contributed by atoms with van der Waals surface area (Å²) in [6.45, 7) is 4.22. The Kier molecular flexibility index (Phi) is 7.06. The Morgan fingerprint density at radius 1 is 1.00 bits per heavy atom. The normalized spacial score (nSPS) is 29.0. The Morgan fingerprint density at radius 2 is 1.62 bits per heavy atom. The van der Waals surface area contributed by atoms with Crippen molar-refractivity contribution in [3.8, 4) is 0 Å². The molecule has 0 aromatic carbocycles. The van der Waals surface area contributed by atoms with Crippen molar-refractivity contribution in [3.63, 3.8) is 0 Å². The summed E-state index contributed by atoms with van der Waals surface area (Å²) in [4.78, 5) is 12.2. The van der Waals surface area contributed by atoms with Crippen molar-refractivity contribution >= 4 is 5.97 Å². The summed E-state index contributed by atoms with van der Waals surface area (Å²) in [5.41, 5.74) is 0. The van der Waals surface area contributed by atoms with Crippen LogP contribution in [0.4, 0.5) is 0 Å². The largest absolute Gasteiger partial charge is 0.462 e. The fourth-order valence-corrected chi connectivity index (χ4v) is 4.28. The molecule has 122 valence electrons. The zero-order valence-electron chi connectivity index (χ0n) is 14.1. The van der Waals surface area contributed by atoms with Crippen LogP contribution in [0.3, 0.4) is 0 Å². The van der Waals surface area contributed by atoms with E-state index in [-0.39, 0.29) is 18.0 Å². The van der Waals surface area contributed by atoms with Gasteiger partial charge in [-0.1, -0.05) is 51.9 Å². The molecule has 2 rings (SSSR count). The van der Waals surface area contributed by atoms with Crippen LogP contribution in [0.15, 0.2) is 0 Å². The van der Waals surface area contributed by atoms with Crippen LogP contribution in [0.5, 0.6) is 0 Å². The van der Waals surface area contributed by atoms with Crippen LogP contribution in [0.2, 0.25) is 0 Å². The molecule has 0 bridgehead atoms. The first-order valence-electron chi connectivity index (χ1n) is 9.41. The number of hydrogen-bond donors (Lipinski definition) is 0. The average Bonchev–Trinajstić information content (AvgIpc) is 2.54. The van der Waals surface area contributed by atoms with E-state index in [4.69, 9.17) is 4.74 Å². The first kappa shape index (κ1) is 16.8. The van der Waals surface area contributed by atoms with Crippen LogP contribution in [-0.4, -0.2) is 12.1 Å². The van der Waals surface area contributed by atoms with Crippen LogP contribution in [0.1, 0.15) is 90.9 Å². The van der Waals surface area contributed by atoms with E-state index < -0.39 is 0 Å². The molecule has 0 spiro atoms. The van der Waals surface area contributed by atoms with Crippen molar-refractivity contribution < 1.29 is 9.53 Å². The predicted molar refractivity (Wildman–Crippen MR) is 87.1 cm³/mol. The van der Waals surface area contributed by atoms with Crippen LogP contribution in [0, 0.1) is 17.8 Å². The molecule has 1 unspecified atom stereocenters. The first-order valence-corrected chi connectivity index (χ1v) is 9.41. The highest BCUT2D eigenvalue weighted by atomic mass is 16.5. The summed E-state index contributed by atoms with van der Waals surface area (Å²) in [6.07, 6.45) is 15.3. The van der Waals surface area contributed by atoms with Crippen molar-refractivity contribution in [1.82, 2.24) is 0 Å². The molecule has 0 heterocycles. The number of carbonyl (C=O) groups is 1. The van der Waals surface area contributed by atoms with Crippen molar-refractivity contribution in [3.05, 3.63) is 0 Å². The molecule has 0 amide bonds. The van der Waals surface area contributed by atoms with Crippen LogP contribution in [-0.2, 0) is 9.53 Å². The van der Waals surface area contributed by atoms with Crippen molar-refractivity contribution in [2.45, 2.75) is 97.0 Å². The van der Waals surface area contributed by atoms with E-state index in [9.17, 15) is 4.79 Å². The molecule has 0 aromatic heterocycles. The maximum atomic E-state index is 12.2. The topological polar surface area (TPSA) is 26.3 Å². The van der Waals surface area contributed by atoms with E-state index in [0.29, 0.717) is 0 Å². The van der Waals surface area contributed by atoms with E-state index in [0.717, 1.165) is 37.5 Å². The minimum absolute atomic E-state index is 0.0840. The zero-order valence-corrected chi connectivity index (χ0v) is 14.1. The molecule has 0 saturated heterocycles. The Morgan fingerprint density at radius 3 is 2.24 bits per heavy atom. The van der Waals surface area contributed by atoms with Crippen LogP contribution in [0.25, 0.3) is 0 Å². The summed E-state index contributed by atoms with van der Waals surface area (Å²) in [5, 5.41) is 0. The molecule has 2 nitrogen and oxygen atoms in total. The second kappa shape index (κ2) is 8.80. The van der Waals surface area contributed by atoms with Gasteiger partial charge in [0.15, 0.2) is 0 Å². The highest BCUT2D eigenvalue weighted by Crippen LogP contribution is 2.40. The van der Waals surface area contributed by atoms with Gasteiger partial charge in [0.25, 0.3) is 0 Å². The molecule has 2 saturated carbocycles. The molecule has 2 aliphatic rings. The third-order valence-corrected chi connectivity index (χ3v) is 5.70. The van der Waals surface area contributed by atoms with Gasteiger partial charge in [0.05, 0.1) is 12.0 Å². The van der Waals surface area contributed by atoms with Crippen molar-refractivity contribution in [1.29, 1.82) is 0 Å². The average molecular weight is 294 g/mol.